The highest BCUT2D eigenvalue weighted by Crippen LogP contribution is 2.17. The van der Waals surface area contributed by atoms with Gasteiger partial charge in [-0.25, -0.2) is 0 Å². The van der Waals surface area contributed by atoms with Crippen LogP contribution in [-0.2, 0) is 4.79 Å². The third kappa shape index (κ3) is 3.12. The van der Waals surface area contributed by atoms with Gasteiger partial charge < -0.3 is 11.1 Å². The first-order valence-corrected chi connectivity index (χ1v) is 5.17. The molecule has 4 heteroatoms. The number of carbonyl (C=O) groups is 1. The maximum Gasteiger partial charge on any atom is 0.234 e. The van der Waals surface area contributed by atoms with Crippen LogP contribution in [0.1, 0.15) is 18.5 Å². The summed E-state index contributed by atoms with van der Waals surface area (Å²) in [5.74, 6) is -0.141. The predicted molar refractivity (Wildman–Crippen MR) is 59.8 cm³/mol. The molecule has 0 aliphatic carbocycles. The summed E-state index contributed by atoms with van der Waals surface area (Å²) in [5, 5.41) is 2.79. The minimum atomic E-state index is -0.141. The van der Waals surface area contributed by atoms with Crippen molar-refractivity contribution in [1.82, 2.24) is 5.32 Å². The number of rotatable bonds is 3. The molecule has 0 saturated heterocycles. The van der Waals surface area contributed by atoms with Gasteiger partial charge >= 0.3 is 0 Å². The summed E-state index contributed by atoms with van der Waals surface area (Å²) in [5.41, 5.74) is 6.26. The Labute approximate surface area is 91.8 Å². The lowest BCUT2D eigenvalue weighted by atomic mass is 10.1. The molecular formula is C10H13BrN2O. The third-order valence-corrected chi connectivity index (χ3v) is 2.40. The van der Waals surface area contributed by atoms with Crippen molar-refractivity contribution in [3.63, 3.8) is 0 Å². The van der Waals surface area contributed by atoms with Crippen LogP contribution in [0, 0.1) is 0 Å². The molecule has 0 spiro atoms. The fraction of sp³-hybridized carbons (Fsp3) is 0.300. The van der Waals surface area contributed by atoms with Crippen molar-refractivity contribution in [3.8, 4) is 0 Å². The summed E-state index contributed by atoms with van der Waals surface area (Å²) in [4.78, 5) is 11.0. The molecule has 76 valence electrons. The van der Waals surface area contributed by atoms with Crippen LogP contribution in [-0.4, -0.2) is 12.5 Å². The Morgan fingerprint density at radius 3 is 2.93 bits per heavy atom. The van der Waals surface area contributed by atoms with Gasteiger partial charge in [0, 0.05) is 4.47 Å². The van der Waals surface area contributed by atoms with Gasteiger partial charge in [0.25, 0.3) is 0 Å². The van der Waals surface area contributed by atoms with Crippen LogP contribution >= 0.6 is 15.9 Å². The first kappa shape index (κ1) is 11.2. The zero-order valence-electron chi connectivity index (χ0n) is 7.96. The summed E-state index contributed by atoms with van der Waals surface area (Å²) in [7, 11) is 0. The quantitative estimate of drug-likeness (QED) is 0.863. The molecule has 1 atom stereocenters. The second-order valence-electron chi connectivity index (χ2n) is 3.05. The van der Waals surface area contributed by atoms with E-state index in [-0.39, 0.29) is 18.5 Å². The van der Waals surface area contributed by atoms with E-state index in [4.69, 9.17) is 5.73 Å². The van der Waals surface area contributed by atoms with E-state index in [0.29, 0.717) is 0 Å². The average molecular weight is 257 g/mol. The van der Waals surface area contributed by atoms with Crippen LogP contribution in [0.5, 0.6) is 0 Å². The molecule has 0 aromatic heterocycles. The summed E-state index contributed by atoms with van der Waals surface area (Å²) in [6.07, 6.45) is 0. The molecule has 0 saturated carbocycles. The second-order valence-corrected chi connectivity index (χ2v) is 3.96. The van der Waals surface area contributed by atoms with E-state index in [2.05, 4.69) is 21.2 Å². The van der Waals surface area contributed by atoms with E-state index in [1.807, 2.05) is 31.2 Å². The molecule has 1 rings (SSSR count). The van der Waals surface area contributed by atoms with E-state index in [0.717, 1.165) is 10.0 Å². The highest BCUT2D eigenvalue weighted by atomic mass is 79.9. The monoisotopic (exact) mass is 256 g/mol. The number of hydrogen-bond donors (Lipinski definition) is 2. The van der Waals surface area contributed by atoms with Gasteiger partial charge in [-0.15, -0.1) is 0 Å². The average Bonchev–Trinajstić information content (AvgIpc) is 2.17. The molecule has 0 fully saturated rings. The van der Waals surface area contributed by atoms with Crippen molar-refractivity contribution in [1.29, 1.82) is 0 Å². The number of nitrogens with one attached hydrogen (secondary N) is 1. The molecule has 1 aromatic rings. The van der Waals surface area contributed by atoms with E-state index in [1.165, 1.54) is 0 Å². The van der Waals surface area contributed by atoms with E-state index < -0.39 is 0 Å². The number of amides is 1. The molecule has 0 heterocycles. The Morgan fingerprint density at radius 2 is 2.36 bits per heavy atom. The maximum absolute atomic E-state index is 11.0. The SMILES string of the molecule is C[C@H](NC(=O)CN)c1cccc(Br)c1. The van der Waals surface area contributed by atoms with Crippen LogP contribution in [0.15, 0.2) is 28.7 Å². The molecule has 3 nitrogen and oxygen atoms in total. The molecule has 0 aliphatic rings. The second kappa shape index (κ2) is 5.12. The zero-order valence-corrected chi connectivity index (χ0v) is 9.54. The van der Waals surface area contributed by atoms with Gasteiger partial charge in [-0.3, -0.25) is 4.79 Å². The van der Waals surface area contributed by atoms with Gasteiger partial charge in [0.15, 0.2) is 0 Å². The van der Waals surface area contributed by atoms with Crippen molar-refractivity contribution in [2.75, 3.05) is 6.54 Å². The number of halogens is 1. The summed E-state index contributed by atoms with van der Waals surface area (Å²) >= 11 is 3.38. The van der Waals surface area contributed by atoms with E-state index >= 15 is 0 Å². The Balaban J connectivity index is 2.69. The van der Waals surface area contributed by atoms with Crippen LogP contribution in [0.2, 0.25) is 0 Å². The summed E-state index contributed by atoms with van der Waals surface area (Å²) in [6, 6.07) is 7.81. The molecule has 0 unspecified atom stereocenters. The number of carbonyl (C=O) groups excluding carboxylic acids is 1. The summed E-state index contributed by atoms with van der Waals surface area (Å²) < 4.78 is 1.00. The lowest BCUT2D eigenvalue weighted by Crippen LogP contribution is -2.32. The summed E-state index contributed by atoms with van der Waals surface area (Å²) in [6.45, 7) is 1.95. The topological polar surface area (TPSA) is 55.1 Å². The van der Waals surface area contributed by atoms with Gasteiger partial charge in [-0.1, -0.05) is 28.1 Å². The highest BCUT2D eigenvalue weighted by Gasteiger charge is 2.07. The fourth-order valence-electron chi connectivity index (χ4n) is 1.16. The molecule has 0 bridgehead atoms. The van der Waals surface area contributed by atoms with Crippen LogP contribution in [0.3, 0.4) is 0 Å². The molecule has 3 N–H and O–H groups in total. The Bertz CT molecular complexity index is 328. The molecule has 0 aliphatic heterocycles. The molecule has 14 heavy (non-hydrogen) atoms. The van der Waals surface area contributed by atoms with Gasteiger partial charge in [0.2, 0.25) is 5.91 Å². The molecular weight excluding hydrogens is 244 g/mol. The largest absolute Gasteiger partial charge is 0.348 e. The first-order valence-electron chi connectivity index (χ1n) is 4.38. The Morgan fingerprint density at radius 1 is 1.64 bits per heavy atom. The molecule has 1 aromatic carbocycles. The van der Waals surface area contributed by atoms with Gasteiger partial charge in [0.05, 0.1) is 12.6 Å². The van der Waals surface area contributed by atoms with Gasteiger partial charge in [-0.2, -0.15) is 0 Å². The van der Waals surface area contributed by atoms with Gasteiger partial charge in [0.1, 0.15) is 0 Å². The first-order chi connectivity index (χ1) is 6.63. The predicted octanol–water partition coefficient (Wildman–Crippen LogP) is 1.58. The molecule has 0 radical (unpaired) electrons. The van der Waals surface area contributed by atoms with E-state index in [9.17, 15) is 4.79 Å². The number of benzene rings is 1. The smallest absolute Gasteiger partial charge is 0.234 e. The van der Waals surface area contributed by atoms with Crippen molar-refractivity contribution in [2.45, 2.75) is 13.0 Å². The highest BCUT2D eigenvalue weighted by molar-refractivity contribution is 9.10. The molecule has 1 amide bonds. The van der Waals surface area contributed by atoms with Crippen molar-refractivity contribution in [2.24, 2.45) is 5.73 Å². The van der Waals surface area contributed by atoms with Crippen molar-refractivity contribution < 1.29 is 4.79 Å². The standard InChI is InChI=1S/C10H13BrN2O/c1-7(13-10(14)6-12)8-3-2-4-9(11)5-8/h2-5,7H,6,12H2,1H3,(H,13,14)/t7-/m0/s1. The van der Waals surface area contributed by atoms with E-state index in [1.54, 1.807) is 0 Å². The third-order valence-electron chi connectivity index (χ3n) is 1.91. The lowest BCUT2D eigenvalue weighted by molar-refractivity contribution is -0.120. The maximum atomic E-state index is 11.0. The Hall–Kier alpha value is -0.870. The van der Waals surface area contributed by atoms with Gasteiger partial charge in [-0.05, 0) is 24.6 Å². The Kier molecular flexibility index (Phi) is 4.10. The minimum absolute atomic E-state index is 0.0106. The normalized spacial score (nSPS) is 12.2. The van der Waals surface area contributed by atoms with Crippen LogP contribution < -0.4 is 11.1 Å². The van der Waals surface area contributed by atoms with Crippen LogP contribution in [0.4, 0.5) is 0 Å². The lowest BCUT2D eigenvalue weighted by Gasteiger charge is -2.13. The fourth-order valence-corrected chi connectivity index (χ4v) is 1.58. The van der Waals surface area contributed by atoms with Crippen molar-refractivity contribution >= 4 is 21.8 Å². The zero-order chi connectivity index (χ0) is 10.6. The number of hydrogen-bond acceptors (Lipinski definition) is 2. The minimum Gasteiger partial charge on any atom is -0.348 e. The van der Waals surface area contributed by atoms with Crippen LogP contribution in [0.25, 0.3) is 0 Å². The number of nitrogens with two attached hydrogens (primary N) is 1. The van der Waals surface area contributed by atoms with Crippen molar-refractivity contribution in [3.05, 3.63) is 34.3 Å².